The molecule has 1 aliphatic heterocycles. The largest absolute Gasteiger partial charge is 0.461 e. The third-order valence-corrected chi connectivity index (χ3v) is 7.66. The molecule has 0 spiro atoms. The van der Waals surface area contributed by atoms with E-state index in [1.165, 1.54) is 0 Å². The number of sulfone groups is 1. The molecule has 1 saturated heterocycles. The van der Waals surface area contributed by atoms with Gasteiger partial charge in [0.05, 0.1) is 4.90 Å². The molecule has 1 heterocycles. The average molecular weight is 377 g/mol. The van der Waals surface area contributed by atoms with Crippen LogP contribution < -0.4 is 0 Å². The van der Waals surface area contributed by atoms with Crippen LogP contribution in [0.15, 0.2) is 60.5 Å². The molecule has 0 N–H and O–H groups in total. The Labute approximate surface area is 156 Å². The number of ether oxygens (including phenoxy) is 1. The van der Waals surface area contributed by atoms with Gasteiger partial charge in [-0.25, -0.2) is 8.42 Å². The highest BCUT2D eigenvalue weighted by Crippen LogP contribution is 2.48. The number of carbonyl (C=O) groups is 1. The molecule has 142 valence electrons. The Morgan fingerprint density at radius 3 is 2.46 bits per heavy atom. The van der Waals surface area contributed by atoms with Gasteiger partial charge in [0.1, 0.15) is 6.10 Å². The van der Waals surface area contributed by atoms with Crippen LogP contribution in [0, 0.1) is 5.92 Å². The molecule has 0 saturated carbocycles. The summed E-state index contributed by atoms with van der Waals surface area (Å²) in [4.78, 5) is 13.2. The second kappa shape index (κ2) is 8.67. The molecule has 2 rings (SSSR count). The number of cyclic esters (lactones) is 1. The van der Waals surface area contributed by atoms with Gasteiger partial charge in [0, 0.05) is 5.92 Å². The van der Waals surface area contributed by atoms with Crippen molar-refractivity contribution in [2.45, 2.75) is 61.2 Å². The van der Waals surface area contributed by atoms with Gasteiger partial charge in [-0.1, -0.05) is 43.7 Å². The summed E-state index contributed by atoms with van der Waals surface area (Å²) in [5.41, 5.74) is 0. The topological polar surface area (TPSA) is 60.4 Å². The van der Waals surface area contributed by atoms with Crippen LogP contribution in [0.5, 0.6) is 0 Å². The summed E-state index contributed by atoms with van der Waals surface area (Å²) in [5.74, 6) is -1.04. The first kappa shape index (κ1) is 20.4. The van der Waals surface area contributed by atoms with E-state index in [1.54, 1.807) is 42.5 Å². The van der Waals surface area contributed by atoms with Crippen LogP contribution in [0.3, 0.4) is 0 Å². The molecule has 3 atom stereocenters. The highest BCUT2D eigenvalue weighted by atomic mass is 32.2. The van der Waals surface area contributed by atoms with Crippen LogP contribution in [0.2, 0.25) is 0 Å². The van der Waals surface area contributed by atoms with Crippen molar-refractivity contribution in [2.75, 3.05) is 0 Å². The fraction of sp³-hybridized carbons (Fsp3) is 0.476. The molecule has 0 unspecified atom stereocenters. The third-order valence-electron chi connectivity index (χ3n) is 5.13. The molecule has 0 aliphatic carbocycles. The summed E-state index contributed by atoms with van der Waals surface area (Å²) in [6, 6.07) is 8.22. The molecule has 5 heteroatoms. The molecule has 1 aromatic carbocycles. The molecule has 1 aliphatic rings. The van der Waals surface area contributed by atoms with E-state index >= 15 is 0 Å². The first-order valence-corrected chi connectivity index (χ1v) is 10.7. The fourth-order valence-corrected chi connectivity index (χ4v) is 6.15. The molecular formula is C21H28O4S. The van der Waals surface area contributed by atoms with E-state index < -0.39 is 32.6 Å². The van der Waals surface area contributed by atoms with Crippen molar-refractivity contribution in [1.29, 1.82) is 0 Å². The van der Waals surface area contributed by atoms with Crippen LogP contribution in [0.4, 0.5) is 0 Å². The van der Waals surface area contributed by atoms with Crippen LogP contribution >= 0.6 is 0 Å². The maximum atomic E-state index is 13.6. The minimum atomic E-state index is -3.91. The number of allylic oxidation sites excluding steroid dienone is 2. The summed E-state index contributed by atoms with van der Waals surface area (Å²) < 4.78 is 31.3. The lowest BCUT2D eigenvalue weighted by Gasteiger charge is -2.32. The number of rotatable bonds is 10. The Balaban J connectivity index is 2.61. The lowest BCUT2D eigenvalue weighted by atomic mass is 9.82. The summed E-state index contributed by atoms with van der Waals surface area (Å²) >= 11 is 0. The maximum absolute atomic E-state index is 13.6. The monoisotopic (exact) mass is 376 g/mol. The first-order chi connectivity index (χ1) is 12.5. The van der Waals surface area contributed by atoms with Crippen LogP contribution in [0.25, 0.3) is 0 Å². The van der Waals surface area contributed by atoms with Gasteiger partial charge in [0.15, 0.2) is 14.6 Å². The van der Waals surface area contributed by atoms with Gasteiger partial charge in [-0.2, -0.15) is 0 Å². The predicted molar refractivity (Wildman–Crippen MR) is 103 cm³/mol. The normalized spacial score (nSPS) is 25.7. The van der Waals surface area contributed by atoms with Crippen molar-refractivity contribution in [3.05, 3.63) is 55.6 Å². The van der Waals surface area contributed by atoms with Crippen LogP contribution in [-0.2, 0) is 19.4 Å². The molecule has 26 heavy (non-hydrogen) atoms. The van der Waals surface area contributed by atoms with Crippen molar-refractivity contribution in [1.82, 2.24) is 0 Å². The van der Waals surface area contributed by atoms with E-state index in [0.29, 0.717) is 25.7 Å². The van der Waals surface area contributed by atoms with Gasteiger partial charge in [0.25, 0.3) is 0 Å². The van der Waals surface area contributed by atoms with Crippen molar-refractivity contribution in [3.8, 4) is 0 Å². The summed E-state index contributed by atoms with van der Waals surface area (Å²) in [5, 5.41) is 0. The van der Waals surface area contributed by atoms with E-state index in [0.717, 1.165) is 6.42 Å². The van der Waals surface area contributed by atoms with Gasteiger partial charge < -0.3 is 4.74 Å². The molecule has 1 aromatic rings. The zero-order valence-corrected chi connectivity index (χ0v) is 16.2. The molecular weight excluding hydrogens is 348 g/mol. The van der Waals surface area contributed by atoms with Gasteiger partial charge in [-0.15, -0.1) is 13.2 Å². The van der Waals surface area contributed by atoms with Gasteiger partial charge in [-0.3, -0.25) is 4.79 Å². The molecule has 0 amide bonds. The number of benzene rings is 1. The summed E-state index contributed by atoms with van der Waals surface area (Å²) in [6.07, 6.45) is 6.39. The Bertz CT molecular complexity index is 739. The van der Waals surface area contributed by atoms with Gasteiger partial charge in [-0.05, 0) is 44.2 Å². The maximum Gasteiger partial charge on any atom is 0.328 e. The smallest absolute Gasteiger partial charge is 0.328 e. The SMILES string of the molecule is C=CCCC[C@@]1(S(=O)(=O)c2ccccc2)C(=O)O[C@H](CCC)[C@H]1CC=C. The number of esters is 1. The molecule has 4 nitrogen and oxygen atoms in total. The van der Waals surface area contributed by atoms with E-state index in [9.17, 15) is 13.2 Å². The summed E-state index contributed by atoms with van der Waals surface area (Å²) in [7, 11) is -3.91. The highest BCUT2D eigenvalue weighted by Gasteiger charge is 2.64. The quantitative estimate of drug-likeness (QED) is 0.343. The van der Waals surface area contributed by atoms with Crippen LogP contribution in [-0.4, -0.2) is 25.2 Å². The number of hydrogen-bond acceptors (Lipinski definition) is 4. The Hall–Kier alpha value is -1.88. The zero-order valence-electron chi connectivity index (χ0n) is 15.4. The molecule has 0 bridgehead atoms. The second-order valence-corrected chi connectivity index (χ2v) is 8.96. The zero-order chi connectivity index (χ0) is 19.2. The Kier molecular flexibility index (Phi) is 6.81. The second-order valence-electron chi connectivity index (χ2n) is 6.75. The number of unbranched alkanes of at least 4 members (excludes halogenated alkanes) is 1. The lowest BCUT2D eigenvalue weighted by molar-refractivity contribution is -0.143. The van der Waals surface area contributed by atoms with E-state index in [-0.39, 0.29) is 11.3 Å². The van der Waals surface area contributed by atoms with E-state index in [4.69, 9.17) is 4.74 Å². The third kappa shape index (κ3) is 3.50. The molecule has 1 fully saturated rings. The average Bonchev–Trinajstić information content (AvgIpc) is 2.90. The van der Waals surface area contributed by atoms with Crippen molar-refractivity contribution >= 4 is 15.8 Å². The van der Waals surface area contributed by atoms with Crippen molar-refractivity contribution < 1.29 is 17.9 Å². The van der Waals surface area contributed by atoms with E-state index in [1.807, 2.05) is 6.92 Å². The number of carbonyl (C=O) groups excluding carboxylic acids is 1. The minimum Gasteiger partial charge on any atom is -0.461 e. The van der Waals surface area contributed by atoms with Crippen LogP contribution in [0.1, 0.15) is 45.4 Å². The Morgan fingerprint density at radius 1 is 1.19 bits per heavy atom. The van der Waals surface area contributed by atoms with Crippen molar-refractivity contribution in [2.24, 2.45) is 5.92 Å². The molecule has 0 radical (unpaired) electrons. The highest BCUT2D eigenvalue weighted by molar-refractivity contribution is 7.93. The number of hydrogen-bond donors (Lipinski definition) is 0. The fourth-order valence-electron chi connectivity index (χ4n) is 3.89. The van der Waals surface area contributed by atoms with Crippen molar-refractivity contribution in [3.63, 3.8) is 0 Å². The molecule has 0 aromatic heterocycles. The Morgan fingerprint density at radius 2 is 1.88 bits per heavy atom. The van der Waals surface area contributed by atoms with Gasteiger partial charge >= 0.3 is 5.97 Å². The summed E-state index contributed by atoms with van der Waals surface area (Å²) in [6.45, 7) is 9.49. The van der Waals surface area contributed by atoms with E-state index in [2.05, 4.69) is 13.2 Å². The standard InChI is InChI=1S/C21H28O4S/c1-4-7-11-16-21(26(23,24)17-14-9-8-10-15-17)18(12-5-2)19(13-6-3)25-20(21)22/h4-5,8-10,14-15,18-19H,1-2,6-7,11-13,16H2,3H3/t18-,19-,21+/m1/s1. The predicted octanol–water partition coefficient (Wildman–Crippen LogP) is 4.47. The lowest BCUT2D eigenvalue weighted by Crippen LogP contribution is -2.49. The minimum absolute atomic E-state index is 0.168. The first-order valence-electron chi connectivity index (χ1n) is 9.18. The van der Waals surface area contributed by atoms with Gasteiger partial charge in [0.2, 0.25) is 0 Å².